The van der Waals surface area contributed by atoms with Crippen molar-refractivity contribution in [1.29, 1.82) is 0 Å². The van der Waals surface area contributed by atoms with E-state index in [1.807, 2.05) is 0 Å². The van der Waals surface area contributed by atoms with Crippen molar-refractivity contribution < 1.29 is 13.2 Å². The first kappa shape index (κ1) is 9.76. The van der Waals surface area contributed by atoms with Crippen LogP contribution in [-0.4, -0.2) is 9.78 Å². The molecule has 2 rings (SSSR count). The smallest absolute Gasteiger partial charge is 0.194 e. The Balaban J connectivity index is 2.30. The van der Waals surface area contributed by atoms with E-state index in [-0.39, 0.29) is 6.54 Å². The van der Waals surface area contributed by atoms with Gasteiger partial charge in [-0.05, 0) is 23.8 Å². The second-order valence-corrected chi connectivity index (χ2v) is 3.08. The van der Waals surface area contributed by atoms with Gasteiger partial charge in [0, 0.05) is 12.4 Å². The number of aromatic nitrogens is 2. The third kappa shape index (κ3) is 2.01. The third-order valence-electron chi connectivity index (χ3n) is 1.95. The molecular weight excluding hydrogens is 205 g/mol. The summed E-state index contributed by atoms with van der Waals surface area (Å²) < 4.78 is 39.8. The quantitative estimate of drug-likeness (QED) is 0.698. The molecule has 0 radical (unpaired) electrons. The predicted molar refractivity (Wildman–Crippen MR) is 47.6 cm³/mol. The lowest BCUT2D eigenvalue weighted by atomic mass is 10.2. The fourth-order valence-corrected chi connectivity index (χ4v) is 1.28. The van der Waals surface area contributed by atoms with Crippen molar-refractivity contribution in [2.24, 2.45) is 0 Å². The number of rotatable bonds is 2. The number of halogens is 3. The molecular formula is C10H7F3N2. The van der Waals surface area contributed by atoms with Crippen LogP contribution in [0.2, 0.25) is 0 Å². The van der Waals surface area contributed by atoms with Crippen LogP contribution >= 0.6 is 0 Å². The van der Waals surface area contributed by atoms with Gasteiger partial charge < -0.3 is 0 Å². The number of hydrogen-bond donors (Lipinski definition) is 0. The lowest BCUT2D eigenvalue weighted by molar-refractivity contribution is 0.444. The normalized spacial score (nSPS) is 10.6. The zero-order valence-electron chi connectivity index (χ0n) is 7.62. The molecule has 78 valence electrons. The molecule has 0 bridgehead atoms. The highest BCUT2D eigenvalue weighted by Crippen LogP contribution is 2.14. The van der Waals surface area contributed by atoms with Crippen molar-refractivity contribution in [1.82, 2.24) is 9.78 Å². The van der Waals surface area contributed by atoms with Gasteiger partial charge in [0.25, 0.3) is 0 Å². The largest absolute Gasteiger partial charge is 0.268 e. The molecule has 2 aromatic rings. The first-order valence-electron chi connectivity index (χ1n) is 4.27. The molecule has 0 unspecified atom stereocenters. The Labute approximate surface area is 84.0 Å². The first-order chi connectivity index (χ1) is 7.16. The van der Waals surface area contributed by atoms with Crippen LogP contribution in [0.5, 0.6) is 0 Å². The van der Waals surface area contributed by atoms with E-state index in [2.05, 4.69) is 5.10 Å². The van der Waals surface area contributed by atoms with Gasteiger partial charge in [0.2, 0.25) is 0 Å². The standard InChI is InChI=1S/C10H7F3N2/c11-8-4-7(5-9(12)10(8)13)6-15-3-1-2-14-15/h1-5H,6H2. The summed E-state index contributed by atoms with van der Waals surface area (Å²) in [6.45, 7) is 0.209. The van der Waals surface area contributed by atoms with E-state index in [0.29, 0.717) is 5.56 Å². The van der Waals surface area contributed by atoms with Crippen LogP contribution in [0.3, 0.4) is 0 Å². The zero-order valence-corrected chi connectivity index (χ0v) is 7.62. The van der Waals surface area contributed by atoms with Crippen molar-refractivity contribution in [3.8, 4) is 0 Å². The van der Waals surface area contributed by atoms with Crippen molar-refractivity contribution >= 4 is 0 Å². The lowest BCUT2D eigenvalue weighted by Gasteiger charge is -2.03. The van der Waals surface area contributed by atoms with Gasteiger partial charge in [0.15, 0.2) is 17.5 Å². The van der Waals surface area contributed by atoms with Crippen molar-refractivity contribution in [2.45, 2.75) is 6.54 Å². The second-order valence-electron chi connectivity index (χ2n) is 3.08. The molecule has 1 heterocycles. The van der Waals surface area contributed by atoms with Gasteiger partial charge in [-0.1, -0.05) is 0 Å². The molecule has 5 heteroatoms. The summed E-state index contributed by atoms with van der Waals surface area (Å²) in [5.41, 5.74) is 0.329. The molecule has 0 saturated carbocycles. The highest BCUT2D eigenvalue weighted by Gasteiger charge is 2.10. The van der Waals surface area contributed by atoms with Crippen LogP contribution in [-0.2, 0) is 6.54 Å². The Bertz CT molecular complexity index is 443. The second kappa shape index (κ2) is 3.76. The van der Waals surface area contributed by atoms with E-state index in [4.69, 9.17) is 0 Å². The maximum Gasteiger partial charge on any atom is 0.194 e. The van der Waals surface area contributed by atoms with Gasteiger partial charge in [0.1, 0.15) is 0 Å². The topological polar surface area (TPSA) is 17.8 Å². The van der Waals surface area contributed by atoms with Crippen LogP contribution in [0.25, 0.3) is 0 Å². The van der Waals surface area contributed by atoms with Gasteiger partial charge in [-0.15, -0.1) is 0 Å². The van der Waals surface area contributed by atoms with Gasteiger partial charge in [-0.25, -0.2) is 13.2 Å². The molecule has 0 aliphatic rings. The van der Waals surface area contributed by atoms with Crippen LogP contribution in [0.4, 0.5) is 13.2 Å². The molecule has 2 nitrogen and oxygen atoms in total. The average Bonchev–Trinajstić information content (AvgIpc) is 2.66. The number of benzene rings is 1. The molecule has 0 aliphatic heterocycles. The summed E-state index contributed by atoms with van der Waals surface area (Å²) in [6, 6.07) is 3.61. The molecule has 0 atom stereocenters. The lowest BCUT2D eigenvalue weighted by Crippen LogP contribution is -2.02. The van der Waals surface area contributed by atoms with Crippen LogP contribution in [0, 0.1) is 17.5 Å². The van der Waals surface area contributed by atoms with Crippen LogP contribution < -0.4 is 0 Å². The summed E-state index contributed by atoms with van der Waals surface area (Å²) in [5.74, 6) is -3.81. The molecule has 15 heavy (non-hydrogen) atoms. The van der Waals surface area contributed by atoms with Crippen molar-refractivity contribution in [3.63, 3.8) is 0 Å². The highest BCUT2D eigenvalue weighted by atomic mass is 19.2. The van der Waals surface area contributed by atoms with Gasteiger partial charge in [0.05, 0.1) is 6.54 Å². The number of nitrogens with zero attached hydrogens (tertiary/aromatic N) is 2. The monoisotopic (exact) mass is 212 g/mol. The van der Waals surface area contributed by atoms with E-state index >= 15 is 0 Å². The van der Waals surface area contributed by atoms with Gasteiger partial charge in [-0.3, -0.25) is 4.68 Å². The van der Waals surface area contributed by atoms with E-state index in [9.17, 15) is 13.2 Å². The predicted octanol–water partition coefficient (Wildman–Crippen LogP) is 2.35. The molecule has 0 saturated heterocycles. The third-order valence-corrected chi connectivity index (χ3v) is 1.95. The van der Waals surface area contributed by atoms with Crippen LogP contribution in [0.1, 0.15) is 5.56 Å². The summed E-state index contributed by atoms with van der Waals surface area (Å²) in [6.07, 6.45) is 3.20. The Hall–Kier alpha value is -1.78. The fraction of sp³-hybridized carbons (Fsp3) is 0.100. The summed E-state index contributed by atoms with van der Waals surface area (Å²) in [4.78, 5) is 0. The fourth-order valence-electron chi connectivity index (χ4n) is 1.28. The summed E-state index contributed by atoms with van der Waals surface area (Å²) >= 11 is 0. The maximum absolute atomic E-state index is 12.8. The van der Waals surface area contributed by atoms with Crippen molar-refractivity contribution in [3.05, 3.63) is 53.6 Å². The Morgan fingerprint density at radius 3 is 2.33 bits per heavy atom. The minimum atomic E-state index is -1.45. The Morgan fingerprint density at radius 2 is 1.80 bits per heavy atom. The molecule has 1 aromatic carbocycles. The molecule has 0 N–H and O–H groups in total. The minimum absolute atomic E-state index is 0.209. The Kier molecular flexibility index (Phi) is 2.45. The van der Waals surface area contributed by atoms with Crippen molar-refractivity contribution in [2.75, 3.05) is 0 Å². The number of hydrogen-bond acceptors (Lipinski definition) is 1. The molecule has 1 aromatic heterocycles. The molecule has 0 fully saturated rings. The first-order valence-corrected chi connectivity index (χ1v) is 4.27. The molecule has 0 aliphatic carbocycles. The Morgan fingerprint density at radius 1 is 1.13 bits per heavy atom. The average molecular weight is 212 g/mol. The van der Waals surface area contributed by atoms with E-state index in [0.717, 1.165) is 12.1 Å². The maximum atomic E-state index is 12.8. The van der Waals surface area contributed by atoms with E-state index in [1.54, 1.807) is 18.5 Å². The van der Waals surface area contributed by atoms with Gasteiger partial charge >= 0.3 is 0 Å². The highest BCUT2D eigenvalue weighted by molar-refractivity contribution is 5.19. The van der Waals surface area contributed by atoms with Crippen LogP contribution in [0.15, 0.2) is 30.6 Å². The molecule has 0 amide bonds. The SMILES string of the molecule is Fc1cc(Cn2cccn2)cc(F)c1F. The van der Waals surface area contributed by atoms with E-state index in [1.165, 1.54) is 4.68 Å². The minimum Gasteiger partial charge on any atom is -0.268 e. The van der Waals surface area contributed by atoms with E-state index < -0.39 is 17.5 Å². The summed E-state index contributed by atoms with van der Waals surface area (Å²) in [5, 5.41) is 3.87. The zero-order chi connectivity index (χ0) is 10.8. The molecule has 0 spiro atoms. The van der Waals surface area contributed by atoms with Gasteiger partial charge in [-0.2, -0.15) is 5.10 Å². The summed E-state index contributed by atoms with van der Waals surface area (Å²) in [7, 11) is 0.